The molecule has 1 saturated heterocycles. The van der Waals surface area contributed by atoms with Crippen LogP contribution in [0.25, 0.3) is 0 Å². The van der Waals surface area contributed by atoms with Crippen molar-refractivity contribution >= 4 is 17.4 Å². The normalized spacial score (nSPS) is 17.4. The molecule has 6 heteroatoms. The molecule has 100 valence electrons. The minimum absolute atomic E-state index is 0.461. The van der Waals surface area contributed by atoms with E-state index in [0.717, 1.165) is 45.1 Å². The first-order chi connectivity index (χ1) is 8.65. The molecule has 1 aliphatic rings. The molecular formula is C12H20ClN5. The number of piperazine rings is 1. The van der Waals surface area contributed by atoms with Crippen molar-refractivity contribution in [3.8, 4) is 0 Å². The van der Waals surface area contributed by atoms with Crippen LogP contribution in [0.5, 0.6) is 0 Å². The summed E-state index contributed by atoms with van der Waals surface area (Å²) in [5, 5.41) is 0.461. The van der Waals surface area contributed by atoms with Gasteiger partial charge in [-0.3, -0.25) is 9.88 Å². The fraction of sp³-hybridized carbons (Fsp3) is 0.667. The van der Waals surface area contributed by atoms with Crippen molar-refractivity contribution in [3.05, 3.63) is 17.5 Å². The third-order valence-electron chi connectivity index (χ3n) is 3.15. The number of hydrogen-bond donors (Lipinski definition) is 0. The molecule has 0 saturated carbocycles. The maximum Gasteiger partial charge on any atom is 0.149 e. The lowest BCUT2D eigenvalue weighted by molar-refractivity contribution is 0.229. The largest absolute Gasteiger partial charge is 0.353 e. The Kier molecular flexibility index (Phi) is 4.74. The lowest BCUT2D eigenvalue weighted by atomic mass is 10.3. The van der Waals surface area contributed by atoms with E-state index in [1.165, 1.54) is 0 Å². The summed E-state index contributed by atoms with van der Waals surface area (Å²) in [6.45, 7) is 6.36. The van der Waals surface area contributed by atoms with Crippen molar-refractivity contribution in [2.75, 3.05) is 58.3 Å². The molecule has 5 nitrogen and oxygen atoms in total. The first-order valence-corrected chi connectivity index (χ1v) is 6.62. The minimum atomic E-state index is 0.461. The SMILES string of the molecule is CN(C)CCN1CCN(c2cncc(Cl)n2)CC1. The maximum atomic E-state index is 5.86. The van der Waals surface area contributed by atoms with Crippen LogP contribution in [0.2, 0.25) is 5.15 Å². The third kappa shape index (κ3) is 3.80. The molecule has 1 aromatic rings. The Hall–Kier alpha value is -0.910. The molecule has 0 bridgehead atoms. The zero-order valence-corrected chi connectivity index (χ0v) is 11.8. The number of halogens is 1. The van der Waals surface area contributed by atoms with Crippen molar-refractivity contribution in [1.29, 1.82) is 0 Å². The van der Waals surface area contributed by atoms with Crippen molar-refractivity contribution in [2.24, 2.45) is 0 Å². The predicted octanol–water partition coefficient (Wildman–Crippen LogP) is 0.814. The quantitative estimate of drug-likeness (QED) is 0.809. The second-order valence-corrected chi connectivity index (χ2v) is 5.22. The van der Waals surface area contributed by atoms with E-state index in [1.807, 2.05) is 0 Å². The summed E-state index contributed by atoms with van der Waals surface area (Å²) in [5.41, 5.74) is 0. The number of anilines is 1. The Morgan fingerprint density at radius 3 is 2.56 bits per heavy atom. The van der Waals surface area contributed by atoms with Gasteiger partial charge < -0.3 is 9.80 Å². The highest BCUT2D eigenvalue weighted by Crippen LogP contribution is 2.14. The van der Waals surface area contributed by atoms with Crippen LogP contribution in [0.15, 0.2) is 12.4 Å². The van der Waals surface area contributed by atoms with Gasteiger partial charge in [0.25, 0.3) is 0 Å². The third-order valence-corrected chi connectivity index (χ3v) is 3.33. The van der Waals surface area contributed by atoms with E-state index in [-0.39, 0.29) is 0 Å². The Balaban J connectivity index is 1.83. The van der Waals surface area contributed by atoms with Gasteiger partial charge in [0, 0.05) is 39.3 Å². The zero-order valence-electron chi connectivity index (χ0n) is 11.0. The molecule has 0 amide bonds. The van der Waals surface area contributed by atoms with E-state index < -0.39 is 0 Å². The number of likely N-dealkylation sites (N-methyl/N-ethyl adjacent to an activating group) is 1. The van der Waals surface area contributed by atoms with E-state index >= 15 is 0 Å². The summed E-state index contributed by atoms with van der Waals surface area (Å²) in [7, 11) is 4.22. The minimum Gasteiger partial charge on any atom is -0.353 e. The number of nitrogens with zero attached hydrogens (tertiary/aromatic N) is 5. The molecule has 0 atom stereocenters. The smallest absolute Gasteiger partial charge is 0.149 e. The molecule has 1 aromatic heterocycles. The van der Waals surface area contributed by atoms with Crippen LogP contribution in [-0.4, -0.2) is 73.1 Å². The van der Waals surface area contributed by atoms with Gasteiger partial charge in [-0.1, -0.05) is 11.6 Å². The fourth-order valence-electron chi connectivity index (χ4n) is 2.03. The summed E-state index contributed by atoms with van der Waals surface area (Å²) in [6, 6.07) is 0. The van der Waals surface area contributed by atoms with Gasteiger partial charge in [0.1, 0.15) is 11.0 Å². The molecule has 0 spiro atoms. The zero-order chi connectivity index (χ0) is 13.0. The summed E-state index contributed by atoms with van der Waals surface area (Å²) in [4.78, 5) is 15.3. The molecule has 1 aliphatic heterocycles. The highest BCUT2D eigenvalue weighted by Gasteiger charge is 2.18. The average Bonchev–Trinajstić information content (AvgIpc) is 2.37. The Morgan fingerprint density at radius 1 is 1.22 bits per heavy atom. The standard InChI is InChI=1S/C12H20ClN5/c1-16(2)3-4-17-5-7-18(8-6-17)12-10-14-9-11(13)15-12/h9-10H,3-8H2,1-2H3. The van der Waals surface area contributed by atoms with E-state index in [0.29, 0.717) is 5.15 Å². The molecule has 2 heterocycles. The number of aromatic nitrogens is 2. The van der Waals surface area contributed by atoms with Gasteiger partial charge in [-0.05, 0) is 14.1 Å². The molecule has 0 aromatic carbocycles. The molecular weight excluding hydrogens is 250 g/mol. The second kappa shape index (κ2) is 6.31. The Morgan fingerprint density at radius 2 is 1.94 bits per heavy atom. The van der Waals surface area contributed by atoms with E-state index in [2.05, 4.69) is 38.8 Å². The number of rotatable bonds is 4. The highest BCUT2D eigenvalue weighted by molar-refractivity contribution is 6.29. The van der Waals surface area contributed by atoms with Gasteiger partial charge >= 0.3 is 0 Å². The molecule has 0 N–H and O–H groups in total. The van der Waals surface area contributed by atoms with Gasteiger partial charge in [0.15, 0.2) is 0 Å². The predicted molar refractivity (Wildman–Crippen MR) is 74.2 cm³/mol. The lowest BCUT2D eigenvalue weighted by Crippen LogP contribution is -2.48. The topological polar surface area (TPSA) is 35.5 Å². The number of hydrogen-bond acceptors (Lipinski definition) is 5. The molecule has 0 radical (unpaired) electrons. The fourth-order valence-corrected chi connectivity index (χ4v) is 2.17. The van der Waals surface area contributed by atoms with Gasteiger partial charge in [-0.15, -0.1) is 0 Å². The van der Waals surface area contributed by atoms with Gasteiger partial charge in [-0.25, -0.2) is 4.98 Å². The van der Waals surface area contributed by atoms with Crippen LogP contribution in [0.3, 0.4) is 0 Å². The van der Waals surface area contributed by atoms with Crippen LogP contribution >= 0.6 is 11.6 Å². The van der Waals surface area contributed by atoms with E-state index in [4.69, 9.17) is 11.6 Å². The molecule has 1 fully saturated rings. The monoisotopic (exact) mass is 269 g/mol. The summed E-state index contributed by atoms with van der Waals surface area (Å²) in [6.07, 6.45) is 3.35. The van der Waals surface area contributed by atoms with Gasteiger partial charge in [-0.2, -0.15) is 0 Å². The highest BCUT2D eigenvalue weighted by atomic mass is 35.5. The molecule has 0 aliphatic carbocycles. The van der Waals surface area contributed by atoms with Gasteiger partial charge in [0.05, 0.1) is 12.4 Å². The summed E-state index contributed by atoms with van der Waals surface area (Å²) >= 11 is 5.86. The Labute approximate surface area is 113 Å². The summed E-state index contributed by atoms with van der Waals surface area (Å²) < 4.78 is 0. The summed E-state index contributed by atoms with van der Waals surface area (Å²) in [5.74, 6) is 0.884. The molecule has 18 heavy (non-hydrogen) atoms. The van der Waals surface area contributed by atoms with Crippen molar-refractivity contribution in [3.63, 3.8) is 0 Å². The van der Waals surface area contributed by atoms with Crippen LogP contribution in [0.4, 0.5) is 5.82 Å². The van der Waals surface area contributed by atoms with Crippen LogP contribution < -0.4 is 4.90 Å². The van der Waals surface area contributed by atoms with Gasteiger partial charge in [0.2, 0.25) is 0 Å². The van der Waals surface area contributed by atoms with Crippen molar-refractivity contribution in [2.45, 2.75) is 0 Å². The van der Waals surface area contributed by atoms with Crippen LogP contribution in [-0.2, 0) is 0 Å². The first-order valence-electron chi connectivity index (χ1n) is 6.25. The van der Waals surface area contributed by atoms with Crippen LogP contribution in [0, 0.1) is 0 Å². The average molecular weight is 270 g/mol. The first kappa shape index (κ1) is 13.5. The molecule has 0 unspecified atom stereocenters. The van der Waals surface area contributed by atoms with Crippen molar-refractivity contribution in [1.82, 2.24) is 19.8 Å². The maximum absolute atomic E-state index is 5.86. The van der Waals surface area contributed by atoms with Crippen molar-refractivity contribution < 1.29 is 0 Å². The van der Waals surface area contributed by atoms with E-state index in [1.54, 1.807) is 12.4 Å². The van der Waals surface area contributed by atoms with Crippen LogP contribution in [0.1, 0.15) is 0 Å². The second-order valence-electron chi connectivity index (χ2n) is 4.83. The molecule has 2 rings (SSSR count). The lowest BCUT2D eigenvalue weighted by Gasteiger charge is -2.35. The van der Waals surface area contributed by atoms with E-state index in [9.17, 15) is 0 Å². The Bertz CT molecular complexity index is 376.